The molecule has 0 spiro atoms. The van der Waals surface area contributed by atoms with E-state index in [9.17, 15) is 4.39 Å². The number of nitrogens with one attached hydrogen (secondary N) is 1. The van der Waals surface area contributed by atoms with Crippen molar-refractivity contribution in [1.29, 1.82) is 0 Å². The highest BCUT2D eigenvalue weighted by atomic mass is 19.1. The second kappa shape index (κ2) is 9.93. The van der Waals surface area contributed by atoms with Gasteiger partial charge in [-0.15, -0.1) is 0 Å². The molecule has 2 nitrogen and oxygen atoms in total. The van der Waals surface area contributed by atoms with Gasteiger partial charge in [0.05, 0.1) is 0 Å². The van der Waals surface area contributed by atoms with Crippen LogP contribution in [0.15, 0.2) is 24.3 Å². The molecule has 0 saturated heterocycles. The van der Waals surface area contributed by atoms with Crippen LogP contribution in [0.25, 0.3) is 0 Å². The van der Waals surface area contributed by atoms with Crippen LogP contribution in [0.2, 0.25) is 0 Å². The van der Waals surface area contributed by atoms with Crippen LogP contribution in [-0.4, -0.2) is 31.6 Å². The quantitative estimate of drug-likeness (QED) is 0.653. The number of nitrogens with zero attached hydrogens (tertiary/aromatic N) is 1. The Labute approximate surface area is 117 Å². The largest absolute Gasteiger partial charge is 0.317 e. The van der Waals surface area contributed by atoms with E-state index in [0.717, 1.165) is 31.7 Å². The van der Waals surface area contributed by atoms with Gasteiger partial charge in [0.1, 0.15) is 5.82 Å². The molecule has 19 heavy (non-hydrogen) atoms. The highest BCUT2D eigenvalue weighted by Gasteiger charge is 2.01. The third kappa shape index (κ3) is 7.96. The standard InChI is InChI=1S/C16H27FN2/c1-3-10-18-11-5-4-6-12-19(2)14-15-8-7-9-16(17)13-15/h7-9,13,18H,3-6,10-12,14H2,1-2H3. The number of hydrogen-bond acceptors (Lipinski definition) is 2. The molecule has 0 heterocycles. The maximum Gasteiger partial charge on any atom is 0.123 e. The molecule has 0 aliphatic rings. The molecular formula is C16H27FN2. The van der Waals surface area contributed by atoms with Gasteiger partial charge in [0, 0.05) is 6.54 Å². The molecule has 0 aromatic heterocycles. The Morgan fingerprint density at radius 1 is 1.16 bits per heavy atom. The first kappa shape index (κ1) is 16.1. The number of benzene rings is 1. The molecule has 0 aliphatic carbocycles. The molecule has 1 aromatic carbocycles. The maximum atomic E-state index is 13.0. The Morgan fingerprint density at radius 2 is 2.00 bits per heavy atom. The first-order valence-electron chi connectivity index (χ1n) is 7.36. The Hall–Kier alpha value is -0.930. The zero-order chi connectivity index (χ0) is 13.9. The van der Waals surface area contributed by atoms with Gasteiger partial charge in [-0.2, -0.15) is 0 Å². The monoisotopic (exact) mass is 266 g/mol. The molecule has 0 bridgehead atoms. The predicted octanol–water partition coefficient (Wildman–Crippen LogP) is 3.43. The Kier molecular flexibility index (Phi) is 8.43. The third-order valence-corrected chi connectivity index (χ3v) is 3.16. The summed E-state index contributed by atoms with van der Waals surface area (Å²) in [6.07, 6.45) is 4.91. The van der Waals surface area contributed by atoms with Crippen molar-refractivity contribution in [2.75, 3.05) is 26.7 Å². The minimum atomic E-state index is -0.145. The van der Waals surface area contributed by atoms with E-state index in [4.69, 9.17) is 0 Å². The second-order valence-corrected chi connectivity index (χ2v) is 5.18. The molecule has 0 fully saturated rings. The molecule has 0 aliphatic heterocycles. The fourth-order valence-electron chi connectivity index (χ4n) is 2.14. The van der Waals surface area contributed by atoms with E-state index in [2.05, 4.69) is 24.2 Å². The van der Waals surface area contributed by atoms with Gasteiger partial charge in [0.2, 0.25) is 0 Å². The predicted molar refractivity (Wildman–Crippen MR) is 79.7 cm³/mol. The summed E-state index contributed by atoms with van der Waals surface area (Å²) in [6.45, 7) is 6.34. The smallest absolute Gasteiger partial charge is 0.123 e. The summed E-state index contributed by atoms with van der Waals surface area (Å²) in [5.41, 5.74) is 1.05. The Morgan fingerprint density at radius 3 is 2.74 bits per heavy atom. The lowest BCUT2D eigenvalue weighted by molar-refractivity contribution is 0.316. The molecule has 1 N–H and O–H groups in total. The van der Waals surface area contributed by atoms with Crippen LogP contribution in [0, 0.1) is 5.82 Å². The summed E-state index contributed by atoms with van der Waals surface area (Å²) in [7, 11) is 2.10. The number of rotatable bonds is 10. The molecule has 0 unspecified atom stereocenters. The maximum absolute atomic E-state index is 13.0. The SMILES string of the molecule is CCCNCCCCCN(C)Cc1cccc(F)c1. The van der Waals surface area contributed by atoms with E-state index in [1.54, 1.807) is 12.1 Å². The lowest BCUT2D eigenvalue weighted by Crippen LogP contribution is -2.20. The number of hydrogen-bond donors (Lipinski definition) is 1. The first-order valence-corrected chi connectivity index (χ1v) is 7.36. The van der Waals surface area contributed by atoms with E-state index in [0.29, 0.717) is 0 Å². The zero-order valence-corrected chi connectivity index (χ0v) is 12.3. The van der Waals surface area contributed by atoms with Crippen LogP contribution in [0.5, 0.6) is 0 Å². The van der Waals surface area contributed by atoms with E-state index < -0.39 is 0 Å². The summed E-state index contributed by atoms with van der Waals surface area (Å²) >= 11 is 0. The van der Waals surface area contributed by atoms with Gasteiger partial charge in [-0.25, -0.2) is 4.39 Å². The minimum absolute atomic E-state index is 0.145. The minimum Gasteiger partial charge on any atom is -0.317 e. The zero-order valence-electron chi connectivity index (χ0n) is 12.3. The van der Waals surface area contributed by atoms with E-state index in [1.165, 1.54) is 31.7 Å². The summed E-state index contributed by atoms with van der Waals surface area (Å²) in [4.78, 5) is 2.26. The number of unbranched alkanes of at least 4 members (excludes halogenated alkanes) is 2. The van der Waals surface area contributed by atoms with Gasteiger partial charge in [-0.3, -0.25) is 0 Å². The molecule has 1 rings (SSSR count). The molecule has 1 aromatic rings. The van der Waals surface area contributed by atoms with E-state index >= 15 is 0 Å². The van der Waals surface area contributed by atoms with Crippen LogP contribution in [-0.2, 0) is 6.54 Å². The summed E-state index contributed by atoms with van der Waals surface area (Å²) in [5, 5.41) is 3.41. The second-order valence-electron chi connectivity index (χ2n) is 5.18. The summed E-state index contributed by atoms with van der Waals surface area (Å²) in [5.74, 6) is -0.145. The van der Waals surface area contributed by atoms with Crippen LogP contribution in [0.1, 0.15) is 38.2 Å². The fourth-order valence-corrected chi connectivity index (χ4v) is 2.14. The molecule has 108 valence electrons. The van der Waals surface area contributed by atoms with Crippen LogP contribution in [0.4, 0.5) is 4.39 Å². The van der Waals surface area contributed by atoms with Gasteiger partial charge in [0.15, 0.2) is 0 Å². The fraction of sp³-hybridized carbons (Fsp3) is 0.625. The number of halogens is 1. The van der Waals surface area contributed by atoms with Gasteiger partial charge in [-0.1, -0.05) is 25.5 Å². The first-order chi connectivity index (χ1) is 9.22. The highest BCUT2D eigenvalue weighted by molar-refractivity contribution is 5.15. The van der Waals surface area contributed by atoms with Crippen LogP contribution < -0.4 is 5.32 Å². The van der Waals surface area contributed by atoms with Crippen molar-refractivity contribution >= 4 is 0 Å². The topological polar surface area (TPSA) is 15.3 Å². The summed E-state index contributed by atoms with van der Waals surface area (Å²) in [6, 6.07) is 6.87. The van der Waals surface area contributed by atoms with Gasteiger partial charge in [0.25, 0.3) is 0 Å². The average molecular weight is 266 g/mol. The van der Waals surface area contributed by atoms with Crippen molar-refractivity contribution < 1.29 is 4.39 Å². The van der Waals surface area contributed by atoms with Gasteiger partial charge < -0.3 is 10.2 Å². The summed E-state index contributed by atoms with van der Waals surface area (Å²) < 4.78 is 13.0. The molecular weight excluding hydrogens is 239 g/mol. The van der Waals surface area contributed by atoms with Crippen LogP contribution >= 0.6 is 0 Å². The molecule has 0 amide bonds. The van der Waals surface area contributed by atoms with Crippen molar-refractivity contribution in [3.8, 4) is 0 Å². The normalized spacial score (nSPS) is 11.2. The van der Waals surface area contributed by atoms with Gasteiger partial charge in [-0.05, 0) is 63.6 Å². The van der Waals surface area contributed by atoms with Gasteiger partial charge >= 0.3 is 0 Å². The third-order valence-electron chi connectivity index (χ3n) is 3.16. The molecule has 0 atom stereocenters. The molecule has 0 saturated carbocycles. The lowest BCUT2D eigenvalue weighted by Gasteiger charge is -2.16. The van der Waals surface area contributed by atoms with Crippen molar-refractivity contribution in [3.63, 3.8) is 0 Å². The lowest BCUT2D eigenvalue weighted by atomic mass is 10.2. The van der Waals surface area contributed by atoms with E-state index in [-0.39, 0.29) is 5.82 Å². The Bertz CT molecular complexity index is 341. The highest BCUT2D eigenvalue weighted by Crippen LogP contribution is 2.07. The van der Waals surface area contributed by atoms with Crippen LogP contribution in [0.3, 0.4) is 0 Å². The molecule has 0 radical (unpaired) electrons. The van der Waals surface area contributed by atoms with Crippen molar-refractivity contribution in [3.05, 3.63) is 35.6 Å². The van der Waals surface area contributed by atoms with Crippen molar-refractivity contribution in [2.45, 2.75) is 39.2 Å². The molecule has 3 heteroatoms. The van der Waals surface area contributed by atoms with Crippen molar-refractivity contribution in [2.24, 2.45) is 0 Å². The van der Waals surface area contributed by atoms with Crippen molar-refractivity contribution in [1.82, 2.24) is 10.2 Å². The Balaban J connectivity index is 2.06. The van der Waals surface area contributed by atoms with E-state index in [1.807, 2.05) is 6.07 Å². The average Bonchev–Trinajstić information content (AvgIpc) is 2.37.